The molecule has 37 heavy (non-hydrogen) atoms. The third kappa shape index (κ3) is 8.44. The predicted octanol–water partition coefficient (Wildman–Crippen LogP) is 6.32. The maximum Gasteiger partial charge on any atom is 0.416 e. The van der Waals surface area contributed by atoms with Gasteiger partial charge < -0.3 is 19.4 Å². The number of benzene rings is 3. The molecule has 0 unspecified atom stereocenters. The normalized spacial score (nSPS) is 11.9. The van der Waals surface area contributed by atoms with E-state index in [1.165, 1.54) is 42.6 Å². The summed E-state index contributed by atoms with van der Waals surface area (Å²) < 4.78 is 88.1. The molecule has 0 bridgehead atoms. The van der Waals surface area contributed by atoms with Crippen LogP contribution in [0.4, 0.5) is 26.3 Å². The first-order chi connectivity index (χ1) is 17.4. The molecule has 0 aliphatic heterocycles. The first-order valence-electron chi connectivity index (χ1n) is 10.5. The van der Waals surface area contributed by atoms with Crippen LogP contribution in [0.3, 0.4) is 0 Å². The number of nitrogens with zero attached hydrogens (tertiary/aromatic N) is 1. The molecule has 6 nitrogen and oxygen atoms in total. The van der Waals surface area contributed by atoms with Gasteiger partial charge >= 0.3 is 18.3 Å². The molecule has 3 aromatic rings. The Morgan fingerprint density at radius 1 is 0.757 bits per heavy atom. The lowest BCUT2D eigenvalue weighted by molar-refractivity contribution is -0.142. The Labute approximate surface area is 206 Å². The molecule has 0 atom stereocenters. The molecule has 3 aromatic carbocycles. The third-order valence-electron chi connectivity index (χ3n) is 4.78. The first kappa shape index (κ1) is 27.4. The van der Waals surface area contributed by atoms with E-state index in [2.05, 4.69) is 9.99 Å². The Hall–Kier alpha value is -4.22. The fourth-order valence-electron chi connectivity index (χ4n) is 2.93. The number of carboxylic acid groups (broad SMARTS) is 1. The summed E-state index contributed by atoms with van der Waals surface area (Å²) in [5.74, 6) is -0.853. The van der Waals surface area contributed by atoms with Gasteiger partial charge in [-0.1, -0.05) is 29.4 Å². The second kappa shape index (κ2) is 11.7. The van der Waals surface area contributed by atoms with Gasteiger partial charge in [-0.2, -0.15) is 26.3 Å². The number of halogens is 6. The van der Waals surface area contributed by atoms with Gasteiger partial charge in [0.25, 0.3) is 0 Å². The largest absolute Gasteiger partial charge is 0.485 e. The van der Waals surface area contributed by atoms with E-state index >= 15 is 0 Å². The van der Waals surface area contributed by atoms with Gasteiger partial charge in [0.2, 0.25) is 6.61 Å². The fraction of sp³-hybridized carbons (Fsp3) is 0.200. The molecule has 0 radical (unpaired) electrons. The quantitative estimate of drug-likeness (QED) is 0.190. The molecule has 0 aliphatic rings. The lowest BCUT2D eigenvalue weighted by Crippen LogP contribution is -2.06. The number of aliphatic carboxylic acids is 1. The van der Waals surface area contributed by atoms with E-state index in [1.807, 2.05) is 0 Å². The summed E-state index contributed by atoms with van der Waals surface area (Å²) in [6, 6.07) is 13.3. The molecule has 0 saturated heterocycles. The van der Waals surface area contributed by atoms with Gasteiger partial charge in [-0.15, -0.1) is 0 Å². The second-order valence-corrected chi connectivity index (χ2v) is 7.57. The summed E-state index contributed by atoms with van der Waals surface area (Å²) in [5, 5.41) is 12.1. The van der Waals surface area contributed by atoms with Crippen LogP contribution < -0.4 is 9.47 Å². The highest BCUT2D eigenvalue weighted by Crippen LogP contribution is 2.32. The van der Waals surface area contributed by atoms with Gasteiger partial charge in [0.1, 0.15) is 13.2 Å². The minimum atomic E-state index is -4.48. The van der Waals surface area contributed by atoms with Crippen LogP contribution in [0, 0.1) is 0 Å². The molecular weight excluding hydrogens is 508 g/mol. The molecule has 0 aliphatic carbocycles. The second-order valence-electron chi connectivity index (χ2n) is 7.57. The standard InChI is InChI=1S/C25H19F6NO5/c26-24(27,28)19-6-1-16(2-7-19)13-35-21-10-5-18(12-32-37-15-23(33)34)11-22(21)36-14-17-3-8-20(9-4-17)25(29,30)31/h1-12H,13-15H2,(H,33,34)/b32-12+. The van der Waals surface area contributed by atoms with Gasteiger partial charge in [0.15, 0.2) is 11.5 Å². The van der Waals surface area contributed by atoms with E-state index < -0.39 is 36.1 Å². The molecule has 196 valence electrons. The van der Waals surface area contributed by atoms with E-state index in [0.29, 0.717) is 16.7 Å². The Balaban J connectivity index is 1.75. The van der Waals surface area contributed by atoms with Crippen molar-refractivity contribution in [3.05, 3.63) is 94.5 Å². The van der Waals surface area contributed by atoms with Crippen molar-refractivity contribution < 1.29 is 50.6 Å². The van der Waals surface area contributed by atoms with Crippen LogP contribution in [0.2, 0.25) is 0 Å². The fourth-order valence-corrected chi connectivity index (χ4v) is 2.93. The molecule has 0 heterocycles. The van der Waals surface area contributed by atoms with Crippen LogP contribution in [-0.2, 0) is 35.2 Å². The molecular formula is C25H19F6NO5. The van der Waals surface area contributed by atoms with E-state index in [9.17, 15) is 31.1 Å². The molecule has 0 saturated carbocycles. The number of oxime groups is 1. The molecule has 0 spiro atoms. The van der Waals surface area contributed by atoms with Crippen LogP contribution >= 0.6 is 0 Å². The summed E-state index contributed by atoms with van der Waals surface area (Å²) in [6.45, 7) is -0.864. The number of carbonyl (C=O) groups is 1. The zero-order valence-electron chi connectivity index (χ0n) is 18.8. The van der Waals surface area contributed by atoms with E-state index in [0.717, 1.165) is 24.3 Å². The van der Waals surface area contributed by atoms with Crippen molar-refractivity contribution in [3.8, 4) is 11.5 Å². The summed E-state index contributed by atoms with van der Waals surface area (Å²) in [4.78, 5) is 15.1. The number of hydrogen-bond donors (Lipinski definition) is 1. The molecule has 0 fully saturated rings. The Kier molecular flexibility index (Phi) is 8.64. The number of alkyl halides is 6. The molecule has 0 aromatic heterocycles. The monoisotopic (exact) mass is 527 g/mol. The Bertz CT molecular complexity index is 1220. The van der Waals surface area contributed by atoms with Crippen molar-refractivity contribution in [1.29, 1.82) is 0 Å². The van der Waals surface area contributed by atoms with Gasteiger partial charge in [-0.05, 0) is 53.6 Å². The minimum absolute atomic E-state index is 0.0933. The van der Waals surface area contributed by atoms with Crippen LogP contribution in [0.25, 0.3) is 0 Å². The van der Waals surface area contributed by atoms with E-state index in [-0.39, 0.29) is 24.7 Å². The topological polar surface area (TPSA) is 77.4 Å². The van der Waals surface area contributed by atoms with Gasteiger partial charge in [0.05, 0.1) is 17.3 Å². The van der Waals surface area contributed by atoms with Crippen molar-refractivity contribution in [2.75, 3.05) is 6.61 Å². The number of carboxylic acids is 1. The maximum absolute atomic E-state index is 12.8. The van der Waals surface area contributed by atoms with Gasteiger partial charge in [-0.3, -0.25) is 0 Å². The van der Waals surface area contributed by atoms with Crippen molar-refractivity contribution in [1.82, 2.24) is 0 Å². The summed E-state index contributed by atoms with van der Waals surface area (Å²) in [5.41, 5.74) is -0.295. The molecule has 12 heteroatoms. The van der Waals surface area contributed by atoms with Crippen molar-refractivity contribution in [2.45, 2.75) is 25.6 Å². The van der Waals surface area contributed by atoms with Crippen LogP contribution in [-0.4, -0.2) is 23.9 Å². The van der Waals surface area contributed by atoms with Crippen LogP contribution in [0.1, 0.15) is 27.8 Å². The average Bonchev–Trinajstić information content (AvgIpc) is 2.84. The minimum Gasteiger partial charge on any atom is -0.485 e. The van der Waals surface area contributed by atoms with Crippen LogP contribution in [0.5, 0.6) is 11.5 Å². The van der Waals surface area contributed by atoms with Crippen molar-refractivity contribution in [2.24, 2.45) is 5.16 Å². The van der Waals surface area contributed by atoms with Crippen molar-refractivity contribution >= 4 is 12.2 Å². The first-order valence-corrected chi connectivity index (χ1v) is 10.5. The summed E-state index contributed by atoms with van der Waals surface area (Å²) in [6.07, 6.45) is -7.73. The summed E-state index contributed by atoms with van der Waals surface area (Å²) in [7, 11) is 0. The van der Waals surface area contributed by atoms with Gasteiger partial charge in [0, 0.05) is 5.56 Å². The van der Waals surface area contributed by atoms with Crippen LogP contribution in [0.15, 0.2) is 71.9 Å². The van der Waals surface area contributed by atoms with E-state index in [1.54, 1.807) is 6.07 Å². The summed E-state index contributed by atoms with van der Waals surface area (Å²) >= 11 is 0. The number of rotatable bonds is 10. The van der Waals surface area contributed by atoms with Gasteiger partial charge in [-0.25, -0.2) is 4.79 Å². The molecule has 1 N–H and O–H groups in total. The smallest absolute Gasteiger partial charge is 0.416 e. The Morgan fingerprint density at radius 3 is 1.70 bits per heavy atom. The average molecular weight is 527 g/mol. The number of hydrogen-bond acceptors (Lipinski definition) is 5. The lowest BCUT2D eigenvalue weighted by Gasteiger charge is -2.14. The highest BCUT2D eigenvalue weighted by molar-refractivity contribution is 5.80. The predicted molar refractivity (Wildman–Crippen MR) is 119 cm³/mol. The SMILES string of the molecule is O=C(O)CO/N=C/c1ccc(OCc2ccc(C(F)(F)F)cc2)c(OCc2ccc(C(F)(F)F)cc2)c1. The van der Waals surface area contributed by atoms with Crippen molar-refractivity contribution in [3.63, 3.8) is 0 Å². The third-order valence-corrected chi connectivity index (χ3v) is 4.78. The maximum atomic E-state index is 12.8. The highest BCUT2D eigenvalue weighted by Gasteiger charge is 2.30. The highest BCUT2D eigenvalue weighted by atomic mass is 19.4. The zero-order valence-corrected chi connectivity index (χ0v) is 18.8. The lowest BCUT2D eigenvalue weighted by atomic mass is 10.1. The Morgan fingerprint density at radius 2 is 1.24 bits per heavy atom. The molecule has 0 amide bonds. The number of ether oxygens (including phenoxy) is 2. The molecule has 3 rings (SSSR count). The van der Waals surface area contributed by atoms with E-state index in [4.69, 9.17) is 14.6 Å². The zero-order chi connectivity index (χ0) is 27.1.